The fourth-order valence-electron chi connectivity index (χ4n) is 3.57. The zero-order valence-electron chi connectivity index (χ0n) is 15.9. The minimum Gasteiger partial charge on any atom is -0.451 e. The fraction of sp³-hybridized carbons (Fsp3) is 0.318. The lowest BCUT2D eigenvalue weighted by Gasteiger charge is -2.09. The van der Waals surface area contributed by atoms with Crippen molar-refractivity contribution in [2.24, 2.45) is 5.92 Å². The van der Waals surface area contributed by atoms with Gasteiger partial charge in [-0.2, -0.15) is 0 Å². The fourth-order valence-corrected chi connectivity index (χ4v) is 4.54. The van der Waals surface area contributed by atoms with Gasteiger partial charge in [0.15, 0.2) is 5.76 Å². The van der Waals surface area contributed by atoms with Crippen LogP contribution in [-0.4, -0.2) is 25.5 Å². The predicted octanol–water partition coefficient (Wildman–Crippen LogP) is 5.02. The molecule has 1 unspecified atom stereocenters. The van der Waals surface area contributed by atoms with Gasteiger partial charge in [-0.1, -0.05) is 30.3 Å². The Kier molecular flexibility index (Phi) is 7.58. The van der Waals surface area contributed by atoms with Crippen LogP contribution in [0.3, 0.4) is 0 Å². The Morgan fingerprint density at radius 2 is 2.00 bits per heavy atom. The normalized spacial score (nSPS) is 16.0. The van der Waals surface area contributed by atoms with Crippen molar-refractivity contribution in [3.8, 4) is 0 Å². The quantitative estimate of drug-likeness (QED) is 0.513. The summed E-state index contributed by atoms with van der Waals surface area (Å²) >= 11 is 1.37. The average molecular weight is 435 g/mol. The van der Waals surface area contributed by atoms with E-state index in [0.717, 1.165) is 36.9 Å². The number of para-hydroxylation sites is 1. The summed E-state index contributed by atoms with van der Waals surface area (Å²) in [4.78, 5) is 13.3. The molecule has 0 aliphatic carbocycles. The van der Waals surface area contributed by atoms with Gasteiger partial charge in [-0.25, -0.2) is 4.39 Å². The summed E-state index contributed by atoms with van der Waals surface area (Å²) in [6.45, 7) is 2.70. The zero-order chi connectivity index (χ0) is 19.3. The number of benzene rings is 2. The van der Waals surface area contributed by atoms with E-state index in [1.165, 1.54) is 17.8 Å². The first-order valence-electron chi connectivity index (χ1n) is 9.59. The number of nitrogens with one attached hydrogen (secondary N) is 2. The molecule has 1 saturated heterocycles. The number of carbonyl (C=O) groups excluding carboxylic acids is 1. The van der Waals surface area contributed by atoms with E-state index in [4.69, 9.17) is 4.42 Å². The van der Waals surface area contributed by atoms with Crippen LogP contribution in [0.2, 0.25) is 0 Å². The maximum absolute atomic E-state index is 14.0. The molecular formula is C22H24ClFN2O2S. The number of amides is 1. The molecule has 4 nitrogen and oxygen atoms in total. The number of thioether (sulfide) groups is 1. The van der Waals surface area contributed by atoms with E-state index < -0.39 is 0 Å². The third-order valence-electron chi connectivity index (χ3n) is 5.11. The topological polar surface area (TPSA) is 54.3 Å². The third kappa shape index (κ3) is 5.13. The maximum atomic E-state index is 14.0. The van der Waals surface area contributed by atoms with Gasteiger partial charge >= 0.3 is 0 Å². The zero-order valence-corrected chi connectivity index (χ0v) is 17.6. The molecule has 1 aromatic heterocycles. The van der Waals surface area contributed by atoms with Crippen LogP contribution in [-0.2, 0) is 5.75 Å². The van der Waals surface area contributed by atoms with Gasteiger partial charge in [0, 0.05) is 28.1 Å². The molecule has 0 spiro atoms. The third-order valence-corrected chi connectivity index (χ3v) is 6.19. The first kappa shape index (κ1) is 21.7. The van der Waals surface area contributed by atoms with Crippen LogP contribution in [0.5, 0.6) is 0 Å². The standard InChI is InChI=1S/C22H23FN2O2S.ClH/c23-18-6-2-4-8-20(18)28-14-17-16-5-1-3-7-19(16)27-21(17)22(26)25-12-10-15-9-11-24-13-15;/h1-8,15,24H,9-14H2,(H,25,26);1H. The first-order chi connectivity index (χ1) is 13.7. The van der Waals surface area contributed by atoms with Gasteiger partial charge in [-0.05, 0) is 50.0 Å². The van der Waals surface area contributed by atoms with E-state index in [9.17, 15) is 9.18 Å². The molecule has 7 heteroatoms. The molecule has 3 aromatic rings. The van der Waals surface area contributed by atoms with Crippen LogP contribution >= 0.6 is 24.2 Å². The number of hydrogen-bond donors (Lipinski definition) is 2. The lowest BCUT2D eigenvalue weighted by Crippen LogP contribution is -2.26. The molecule has 2 aromatic carbocycles. The van der Waals surface area contributed by atoms with Crippen molar-refractivity contribution in [1.29, 1.82) is 0 Å². The highest BCUT2D eigenvalue weighted by Gasteiger charge is 2.21. The smallest absolute Gasteiger partial charge is 0.287 e. The second kappa shape index (κ2) is 10.1. The average Bonchev–Trinajstić information content (AvgIpc) is 3.35. The molecular weight excluding hydrogens is 411 g/mol. The lowest BCUT2D eigenvalue weighted by molar-refractivity contribution is 0.0925. The van der Waals surface area contributed by atoms with Crippen molar-refractivity contribution < 1.29 is 13.6 Å². The van der Waals surface area contributed by atoms with Crippen molar-refractivity contribution in [2.75, 3.05) is 19.6 Å². The predicted molar refractivity (Wildman–Crippen MR) is 117 cm³/mol. The minimum absolute atomic E-state index is 0. The van der Waals surface area contributed by atoms with Gasteiger partial charge in [-0.3, -0.25) is 4.79 Å². The first-order valence-corrected chi connectivity index (χ1v) is 10.6. The Hall–Kier alpha value is -2.02. The summed E-state index contributed by atoms with van der Waals surface area (Å²) in [5.74, 6) is 0.956. The maximum Gasteiger partial charge on any atom is 0.287 e. The number of furan rings is 1. The Morgan fingerprint density at radius 1 is 1.21 bits per heavy atom. The van der Waals surface area contributed by atoms with Crippen LogP contribution in [0.1, 0.15) is 29.0 Å². The summed E-state index contributed by atoms with van der Waals surface area (Å²) in [6.07, 6.45) is 2.11. The number of rotatable bonds is 7. The molecule has 0 bridgehead atoms. The Bertz CT molecular complexity index is 972. The van der Waals surface area contributed by atoms with Gasteiger partial charge < -0.3 is 15.1 Å². The summed E-state index contributed by atoms with van der Waals surface area (Å²) < 4.78 is 19.8. The molecule has 154 valence electrons. The molecule has 0 radical (unpaired) electrons. The highest BCUT2D eigenvalue weighted by atomic mass is 35.5. The number of hydrogen-bond acceptors (Lipinski definition) is 4. The molecule has 1 aliphatic rings. The minimum atomic E-state index is -0.253. The van der Waals surface area contributed by atoms with Crippen molar-refractivity contribution >= 4 is 41.0 Å². The highest BCUT2D eigenvalue weighted by molar-refractivity contribution is 7.98. The largest absolute Gasteiger partial charge is 0.451 e. The molecule has 1 amide bonds. The van der Waals surface area contributed by atoms with E-state index in [1.807, 2.05) is 30.3 Å². The summed E-state index contributed by atoms with van der Waals surface area (Å²) in [7, 11) is 0. The van der Waals surface area contributed by atoms with E-state index in [1.54, 1.807) is 12.1 Å². The molecule has 2 heterocycles. The van der Waals surface area contributed by atoms with Gasteiger partial charge in [0.2, 0.25) is 0 Å². The van der Waals surface area contributed by atoms with Gasteiger partial charge in [0.05, 0.1) is 0 Å². The van der Waals surface area contributed by atoms with Crippen molar-refractivity contribution in [1.82, 2.24) is 10.6 Å². The van der Waals surface area contributed by atoms with E-state index in [2.05, 4.69) is 10.6 Å². The van der Waals surface area contributed by atoms with Crippen molar-refractivity contribution in [2.45, 2.75) is 23.5 Å². The summed E-state index contributed by atoms with van der Waals surface area (Å²) in [6, 6.07) is 14.3. The van der Waals surface area contributed by atoms with Gasteiger partial charge in [0.1, 0.15) is 11.4 Å². The van der Waals surface area contributed by atoms with E-state index >= 15 is 0 Å². The Balaban J connectivity index is 0.00000240. The molecule has 2 N–H and O–H groups in total. The second-order valence-electron chi connectivity index (χ2n) is 7.03. The summed E-state index contributed by atoms with van der Waals surface area (Å²) in [5, 5.41) is 7.23. The van der Waals surface area contributed by atoms with Gasteiger partial charge in [0.25, 0.3) is 5.91 Å². The molecule has 1 atom stereocenters. The van der Waals surface area contributed by atoms with E-state index in [0.29, 0.717) is 34.5 Å². The van der Waals surface area contributed by atoms with Crippen LogP contribution in [0.15, 0.2) is 57.8 Å². The SMILES string of the molecule is Cl.O=C(NCCC1CCNC1)c1oc2ccccc2c1CSc1ccccc1F. The van der Waals surface area contributed by atoms with Crippen LogP contribution in [0.25, 0.3) is 11.0 Å². The number of halogens is 2. The molecule has 0 saturated carbocycles. The van der Waals surface area contributed by atoms with E-state index in [-0.39, 0.29) is 24.1 Å². The lowest BCUT2D eigenvalue weighted by atomic mass is 10.1. The molecule has 1 aliphatic heterocycles. The van der Waals surface area contributed by atoms with Crippen molar-refractivity contribution in [3.63, 3.8) is 0 Å². The van der Waals surface area contributed by atoms with Crippen LogP contribution < -0.4 is 10.6 Å². The Morgan fingerprint density at radius 3 is 2.79 bits per heavy atom. The number of fused-ring (bicyclic) bond motifs is 1. The Labute approximate surface area is 180 Å². The van der Waals surface area contributed by atoms with Crippen LogP contribution in [0.4, 0.5) is 4.39 Å². The highest BCUT2D eigenvalue weighted by Crippen LogP contribution is 2.33. The summed E-state index contributed by atoms with van der Waals surface area (Å²) in [5.41, 5.74) is 1.49. The van der Waals surface area contributed by atoms with Crippen molar-refractivity contribution in [3.05, 3.63) is 65.7 Å². The molecule has 4 rings (SSSR count). The molecule has 29 heavy (non-hydrogen) atoms. The molecule has 1 fully saturated rings. The monoisotopic (exact) mass is 434 g/mol. The van der Waals surface area contributed by atoms with Gasteiger partial charge in [-0.15, -0.1) is 24.2 Å². The number of carbonyl (C=O) groups is 1. The van der Waals surface area contributed by atoms with Crippen LogP contribution in [0, 0.1) is 11.7 Å². The second-order valence-corrected chi connectivity index (χ2v) is 8.05.